The van der Waals surface area contributed by atoms with Crippen molar-refractivity contribution in [3.05, 3.63) is 41.1 Å². The summed E-state index contributed by atoms with van der Waals surface area (Å²) < 4.78 is 0. The maximum Gasteiger partial charge on any atom is 0.254 e. The van der Waals surface area contributed by atoms with Crippen LogP contribution in [-0.2, 0) is 0 Å². The van der Waals surface area contributed by atoms with Gasteiger partial charge in [0.25, 0.3) is 5.91 Å². The predicted octanol–water partition coefficient (Wildman–Crippen LogP) is 3.51. The Kier molecular flexibility index (Phi) is 2.78. The summed E-state index contributed by atoms with van der Waals surface area (Å²) in [4.78, 5) is 19.5. The fourth-order valence-corrected chi connectivity index (χ4v) is 3.16. The number of likely N-dealkylation sites (tertiary alicyclic amines) is 1. The Morgan fingerprint density at radius 3 is 2.67 bits per heavy atom. The lowest BCUT2D eigenvalue weighted by atomic mass is 9.98. The number of hydrogen-bond donors (Lipinski definition) is 0. The number of hydrogen-bond acceptors (Lipinski definition) is 2. The average Bonchev–Trinajstić information content (AvgIpc) is 3.26. The van der Waals surface area contributed by atoms with Crippen LogP contribution in [-0.4, -0.2) is 28.9 Å². The number of fused-ring (bicyclic) bond motifs is 1. The summed E-state index contributed by atoms with van der Waals surface area (Å²) in [5, 5.41) is 1.00. The second-order valence-electron chi connectivity index (χ2n) is 6.70. The van der Waals surface area contributed by atoms with Gasteiger partial charge in [0.15, 0.2) is 0 Å². The van der Waals surface area contributed by atoms with E-state index >= 15 is 0 Å². The quantitative estimate of drug-likeness (QED) is 0.843. The molecule has 2 heterocycles. The van der Waals surface area contributed by atoms with E-state index in [-0.39, 0.29) is 5.91 Å². The van der Waals surface area contributed by atoms with Crippen LogP contribution in [0.2, 0.25) is 0 Å². The van der Waals surface area contributed by atoms with Crippen LogP contribution >= 0.6 is 0 Å². The van der Waals surface area contributed by atoms with Crippen molar-refractivity contribution in [1.29, 1.82) is 0 Å². The molecule has 0 radical (unpaired) electrons. The Morgan fingerprint density at radius 1 is 1.24 bits per heavy atom. The van der Waals surface area contributed by atoms with Crippen molar-refractivity contribution in [2.24, 2.45) is 5.92 Å². The molecule has 1 saturated carbocycles. The maximum atomic E-state index is 12.8. The third-order valence-corrected chi connectivity index (χ3v) is 4.56. The van der Waals surface area contributed by atoms with Crippen molar-refractivity contribution < 1.29 is 4.79 Å². The van der Waals surface area contributed by atoms with Gasteiger partial charge in [-0.25, -0.2) is 0 Å². The lowest BCUT2D eigenvalue weighted by Gasteiger charge is -2.37. The molecule has 3 heteroatoms. The Morgan fingerprint density at radius 2 is 2.00 bits per heavy atom. The van der Waals surface area contributed by atoms with Gasteiger partial charge in [-0.1, -0.05) is 18.6 Å². The third-order valence-electron chi connectivity index (χ3n) is 4.56. The number of aromatic nitrogens is 1. The van der Waals surface area contributed by atoms with Crippen LogP contribution in [0.3, 0.4) is 0 Å². The second-order valence-corrected chi connectivity index (χ2v) is 6.70. The molecule has 1 aromatic carbocycles. The first kappa shape index (κ1) is 12.8. The van der Waals surface area contributed by atoms with E-state index in [4.69, 9.17) is 4.98 Å². The van der Waals surface area contributed by atoms with Crippen LogP contribution in [0.5, 0.6) is 0 Å². The lowest BCUT2D eigenvalue weighted by molar-refractivity contribution is 0.0532. The Bertz CT molecular complexity index is 727. The van der Waals surface area contributed by atoms with Crippen molar-refractivity contribution in [1.82, 2.24) is 9.88 Å². The molecule has 2 fully saturated rings. The van der Waals surface area contributed by atoms with E-state index in [9.17, 15) is 4.79 Å². The van der Waals surface area contributed by atoms with Crippen molar-refractivity contribution in [2.75, 3.05) is 13.1 Å². The van der Waals surface area contributed by atoms with Gasteiger partial charge in [-0.05, 0) is 43.9 Å². The molecule has 1 aliphatic heterocycles. The molecule has 2 aliphatic rings. The van der Waals surface area contributed by atoms with E-state index < -0.39 is 0 Å². The Hall–Kier alpha value is -1.90. The number of amides is 1. The fraction of sp³-hybridized carbons (Fsp3) is 0.444. The topological polar surface area (TPSA) is 33.2 Å². The van der Waals surface area contributed by atoms with Crippen molar-refractivity contribution in [2.45, 2.75) is 32.6 Å². The number of benzene rings is 1. The van der Waals surface area contributed by atoms with E-state index in [1.807, 2.05) is 17.0 Å². The number of aryl methyl sites for hydroxylation is 1. The Balaban J connectivity index is 1.84. The first-order valence-corrected chi connectivity index (χ1v) is 7.82. The van der Waals surface area contributed by atoms with Gasteiger partial charge in [0.2, 0.25) is 0 Å². The van der Waals surface area contributed by atoms with Gasteiger partial charge in [-0.3, -0.25) is 9.78 Å². The molecule has 108 valence electrons. The van der Waals surface area contributed by atoms with Crippen LogP contribution in [0, 0.1) is 12.8 Å². The highest BCUT2D eigenvalue weighted by Gasteiger charge is 2.31. The molecule has 3 nitrogen and oxygen atoms in total. The summed E-state index contributed by atoms with van der Waals surface area (Å²) in [6.07, 6.45) is 2.41. The third kappa shape index (κ3) is 2.21. The first-order chi connectivity index (χ1) is 10.1. The molecule has 21 heavy (non-hydrogen) atoms. The number of carbonyl (C=O) groups excluding carboxylic acids is 1. The SMILES string of the molecule is Cc1ccc2nc(C3CC3)cc(C(=O)N3CC(C)C3)c2c1. The monoisotopic (exact) mass is 280 g/mol. The minimum Gasteiger partial charge on any atom is -0.338 e. The molecule has 0 N–H and O–H groups in total. The van der Waals surface area contributed by atoms with Gasteiger partial charge in [0.05, 0.1) is 11.1 Å². The van der Waals surface area contributed by atoms with E-state index in [1.165, 1.54) is 18.4 Å². The summed E-state index contributed by atoms with van der Waals surface area (Å²) in [6.45, 7) is 6.02. The summed E-state index contributed by atoms with van der Waals surface area (Å²) in [5.74, 6) is 1.37. The smallest absolute Gasteiger partial charge is 0.254 e. The molecule has 1 aromatic heterocycles. The summed E-state index contributed by atoms with van der Waals surface area (Å²) in [7, 11) is 0. The number of carbonyl (C=O) groups is 1. The maximum absolute atomic E-state index is 12.8. The van der Waals surface area contributed by atoms with E-state index in [1.54, 1.807) is 0 Å². The summed E-state index contributed by atoms with van der Waals surface area (Å²) in [5.41, 5.74) is 4.08. The molecule has 0 atom stereocenters. The summed E-state index contributed by atoms with van der Waals surface area (Å²) >= 11 is 0. The van der Waals surface area contributed by atoms with Crippen molar-refractivity contribution in [3.8, 4) is 0 Å². The van der Waals surface area contributed by atoms with E-state index in [0.717, 1.165) is 35.2 Å². The largest absolute Gasteiger partial charge is 0.338 e. The van der Waals surface area contributed by atoms with Gasteiger partial charge in [-0.2, -0.15) is 0 Å². The molecule has 2 aromatic rings. The van der Waals surface area contributed by atoms with Gasteiger partial charge >= 0.3 is 0 Å². The van der Waals surface area contributed by atoms with Crippen LogP contribution in [0.1, 0.15) is 47.3 Å². The normalized spacial score (nSPS) is 18.9. The first-order valence-electron chi connectivity index (χ1n) is 7.82. The lowest BCUT2D eigenvalue weighted by Crippen LogP contribution is -2.48. The highest BCUT2D eigenvalue weighted by Crippen LogP contribution is 2.40. The number of rotatable bonds is 2. The molecule has 1 aliphatic carbocycles. The van der Waals surface area contributed by atoms with Gasteiger partial charge in [0.1, 0.15) is 0 Å². The zero-order chi connectivity index (χ0) is 14.6. The van der Waals surface area contributed by atoms with Crippen LogP contribution in [0.15, 0.2) is 24.3 Å². The van der Waals surface area contributed by atoms with Gasteiger partial charge in [-0.15, -0.1) is 0 Å². The van der Waals surface area contributed by atoms with E-state index in [0.29, 0.717) is 11.8 Å². The fourth-order valence-electron chi connectivity index (χ4n) is 3.16. The molecule has 0 bridgehead atoms. The minimum atomic E-state index is 0.174. The van der Waals surface area contributed by atoms with Crippen molar-refractivity contribution >= 4 is 16.8 Å². The molecule has 1 amide bonds. The second kappa shape index (κ2) is 4.55. The van der Waals surface area contributed by atoms with E-state index in [2.05, 4.69) is 26.0 Å². The van der Waals surface area contributed by atoms with Crippen LogP contribution < -0.4 is 0 Å². The zero-order valence-corrected chi connectivity index (χ0v) is 12.6. The zero-order valence-electron chi connectivity index (χ0n) is 12.6. The average molecular weight is 280 g/mol. The number of pyridine rings is 1. The summed E-state index contributed by atoms with van der Waals surface area (Å²) in [6, 6.07) is 8.26. The van der Waals surface area contributed by atoms with Gasteiger partial charge in [0, 0.05) is 30.1 Å². The molecule has 0 spiro atoms. The van der Waals surface area contributed by atoms with Gasteiger partial charge < -0.3 is 4.90 Å². The van der Waals surface area contributed by atoms with Crippen molar-refractivity contribution in [3.63, 3.8) is 0 Å². The molecule has 0 unspecified atom stereocenters. The minimum absolute atomic E-state index is 0.174. The van der Waals surface area contributed by atoms with Crippen LogP contribution in [0.4, 0.5) is 0 Å². The molecule has 4 rings (SSSR count). The highest BCUT2D eigenvalue weighted by atomic mass is 16.2. The highest BCUT2D eigenvalue weighted by molar-refractivity contribution is 6.06. The molecule has 1 saturated heterocycles. The Labute approximate surface area is 125 Å². The standard InChI is InChI=1S/C18H20N2O/c1-11-3-6-16-14(7-11)15(8-17(19-16)13-4-5-13)18(21)20-9-12(2)10-20/h3,6-8,12-13H,4-5,9-10H2,1-2H3. The molecular weight excluding hydrogens is 260 g/mol. The van der Waals surface area contributed by atoms with Crippen LogP contribution in [0.25, 0.3) is 10.9 Å². The number of nitrogens with zero attached hydrogens (tertiary/aromatic N) is 2. The molecular formula is C18H20N2O. The predicted molar refractivity (Wildman–Crippen MR) is 83.5 cm³/mol.